The number of benzene rings is 6. The molecule has 0 saturated heterocycles. The smallest absolute Gasteiger partial charge is 0.0160 e. The fourth-order valence-corrected chi connectivity index (χ4v) is 18.2. The number of fused-ring (bicyclic) bond motifs is 1. The minimum absolute atomic E-state index is 0. The van der Waals surface area contributed by atoms with E-state index in [9.17, 15) is 0 Å². The molecule has 2 heterocycles. The van der Waals surface area contributed by atoms with Gasteiger partial charge in [-0.3, -0.25) is 0 Å². The normalized spacial score (nSPS) is 12.1. The number of hydrogen-bond acceptors (Lipinski definition) is 2. The van der Waals surface area contributed by atoms with Gasteiger partial charge in [-0.05, 0) is 11.8 Å². The monoisotopic (exact) mass is 1050 g/mol. The van der Waals surface area contributed by atoms with Crippen LogP contribution in [0, 0.1) is 12.1 Å². The summed E-state index contributed by atoms with van der Waals surface area (Å²) in [5.74, 6) is 0.842. The molecule has 0 aliphatic carbocycles. The molecule has 8 rings (SSSR count). The fraction of sp³-hybridized carbons (Fsp3) is 0.125. The number of nitrogens with zero attached hydrogens (tertiary/aromatic N) is 2. The first-order chi connectivity index (χ1) is 25.0. The van der Waals surface area contributed by atoms with Crippen molar-refractivity contribution in [3.05, 3.63) is 193 Å². The third-order valence-corrected chi connectivity index (χ3v) is 19.2. The van der Waals surface area contributed by atoms with Gasteiger partial charge in [0.05, 0.1) is 0 Å². The predicted octanol–water partition coefficient (Wildman–Crippen LogP) is 10.9. The average molecular weight is 1050 g/mol. The summed E-state index contributed by atoms with van der Waals surface area (Å²) in [5.41, 5.74) is 12.4. The van der Waals surface area contributed by atoms with Gasteiger partial charge in [-0.25, -0.2) is 0 Å². The molecule has 0 atom stereocenters. The van der Waals surface area contributed by atoms with E-state index in [-0.39, 0.29) is 20.1 Å². The van der Waals surface area contributed by atoms with E-state index in [1.165, 1.54) is 40.1 Å². The van der Waals surface area contributed by atoms with E-state index < -0.39 is 21.8 Å². The van der Waals surface area contributed by atoms with Crippen LogP contribution in [0.2, 0.25) is 0 Å². The van der Waals surface area contributed by atoms with Crippen LogP contribution < -0.4 is 6.54 Å². The molecule has 6 aromatic carbocycles. The molecule has 259 valence electrons. The first-order valence-corrected chi connectivity index (χ1v) is 22.9. The quantitative estimate of drug-likeness (QED) is 0.115. The standard InChI is InChI=1S/C24H25.C13H8N.C11H8N.Bi.Ir/c1-17(2)22-14-23(18(3)4)16-24(15-22)21-12-10-20(11-13-21)19-8-6-5-7-9-19;1-3-7-12(8-4-1)11-14-13-9-5-2-6-10-13;1-2-6-10(7-3-1)11-8-4-5-9-12-11;;/h5-13,15-18H,1-4H3;1-7,9H;1-6,8-9H;;/q;2*-1;;. The largest absolute Gasteiger partial charge is 0.305 e. The van der Waals surface area contributed by atoms with Gasteiger partial charge in [0.2, 0.25) is 0 Å². The van der Waals surface area contributed by atoms with Crippen LogP contribution in [0.3, 0.4) is 0 Å². The van der Waals surface area contributed by atoms with Gasteiger partial charge in [0.15, 0.2) is 0 Å². The van der Waals surface area contributed by atoms with Gasteiger partial charge >= 0.3 is 242 Å². The number of aliphatic imine (C=N–C) groups is 1. The van der Waals surface area contributed by atoms with Crippen molar-refractivity contribution in [2.75, 3.05) is 0 Å². The Morgan fingerprint density at radius 3 is 1.63 bits per heavy atom. The summed E-state index contributed by atoms with van der Waals surface area (Å²) in [5, 5.41) is 0. The molecule has 1 aliphatic heterocycles. The molecule has 1 aromatic heterocycles. The van der Waals surface area contributed by atoms with Crippen molar-refractivity contribution >= 4 is 37.4 Å². The van der Waals surface area contributed by atoms with Gasteiger partial charge in [-0.1, -0.05) is 12.1 Å². The molecule has 52 heavy (non-hydrogen) atoms. The molecule has 1 radical (unpaired) electrons. The first-order valence-electron chi connectivity index (χ1n) is 17.6. The third kappa shape index (κ3) is 8.32. The first kappa shape index (κ1) is 37.4. The molecule has 0 spiro atoms. The Hall–Kier alpha value is -4.33. The van der Waals surface area contributed by atoms with Gasteiger partial charge in [0.1, 0.15) is 0 Å². The van der Waals surface area contributed by atoms with Crippen molar-refractivity contribution < 1.29 is 20.1 Å². The Bertz CT molecular complexity index is 2170. The van der Waals surface area contributed by atoms with Crippen molar-refractivity contribution in [3.8, 4) is 33.5 Å². The summed E-state index contributed by atoms with van der Waals surface area (Å²) in [6, 6.07) is 62.2. The van der Waals surface area contributed by atoms with Crippen molar-refractivity contribution in [1.82, 2.24) is 4.98 Å². The second-order valence-electron chi connectivity index (χ2n) is 13.3. The van der Waals surface area contributed by atoms with Crippen LogP contribution in [-0.2, 0) is 20.1 Å². The SMILES string of the molecule is CC(C)c1cc(-c2ccc(-c3ccccc3)cc2)cc(C(C)C)[c]1[Bi]1[C](c2[c-]cccc2)=Nc2cccc[c]21.[Ir].[c-]1ccccc1-c1ccccn1. The third-order valence-electron chi connectivity index (χ3n) is 9.12. The van der Waals surface area contributed by atoms with E-state index in [1.54, 1.807) is 9.47 Å². The zero-order valence-electron chi connectivity index (χ0n) is 29.9. The molecule has 0 bridgehead atoms. The van der Waals surface area contributed by atoms with Crippen LogP contribution in [-0.4, -0.2) is 30.2 Å². The molecule has 7 aromatic rings. The topological polar surface area (TPSA) is 25.2 Å². The number of rotatable bonds is 7. The molecule has 0 amide bonds. The van der Waals surface area contributed by atoms with Gasteiger partial charge < -0.3 is 4.98 Å². The van der Waals surface area contributed by atoms with E-state index in [0.717, 1.165) is 22.5 Å². The number of para-hydroxylation sites is 1. The van der Waals surface area contributed by atoms with Crippen LogP contribution in [0.5, 0.6) is 0 Å². The molecule has 0 saturated carbocycles. The predicted molar refractivity (Wildman–Crippen MR) is 217 cm³/mol. The summed E-state index contributed by atoms with van der Waals surface area (Å²) in [6.07, 6.45) is 1.79. The van der Waals surface area contributed by atoms with Gasteiger partial charge in [0.25, 0.3) is 0 Å². The van der Waals surface area contributed by atoms with Crippen LogP contribution in [0.1, 0.15) is 56.2 Å². The summed E-state index contributed by atoms with van der Waals surface area (Å²) < 4.78 is 4.40. The summed E-state index contributed by atoms with van der Waals surface area (Å²) in [4.78, 5) is 9.49. The van der Waals surface area contributed by atoms with Crippen molar-refractivity contribution in [2.45, 2.75) is 39.5 Å². The fourth-order valence-electron chi connectivity index (χ4n) is 6.51. The van der Waals surface area contributed by atoms with Crippen LogP contribution in [0.25, 0.3) is 33.5 Å². The zero-order valence-corrected chi connectivity index (χ0v) is 35.8. The Kier molecular flexibility index (Phi) is 12.6. The van der Waals surface area contributed by atoms with Gasteiger partial charge in [-0.2, -0.15) is 0 Å². The average Bonchev–Trinajstić information content (AvgIpc) is 3.58. The second kappa shape index (κ2) is 17.5. The minimum Gasteiger partial charge on any atom is -0.305 e. The van der Waals surface area contributed by atoms with Crippen molar-refractivity contribution in [2.24, 2.45) is 4.99 Å². The Morgan fingerprint density at radius 2 is 1.06 bits per heavy atom. The van der Waals surface area contributed by atoms with Gasteiger partial charge in [0, 0.05) is 26.3 Å². The number of aromatic nitrogens is 1. The Balaban J connectivity index is 0.000000302. The van der Waals surface area contributed by atoms with Crippen LogP contribution >= 0.6 is 0 Å². The summed E-state index contributed by atoms with van der Waals surface area (Å²) in [7, 11) is 0. The van der Waals surface area contributed by atoms with E-state index in [1.807, 2.05) is 54.6 Å². The van der Waals surface area contributed by atoms with E-state index >= 15 is 0 Å². The maximum atomic E-state index is 5.28. The number of pyridine rings is 1. The van der Waals surface area contributed by atoms with Crippen molar-refractivity contribution in [1.29, 1.82) is 0 Å². The maximum absolute atomic E-state index is 5.28. The van der Waals surface area contributed by atoms with E-state index in [4.69, 9.17) is 4.99 Å². The van der Waals surface area contributed by atoms with Gasteiger partial charge in [-0.15, -0.1) is 35.9 Å². The van der Waals surface area contributed by atoms with Crippen molar-refractivity contribution in [3.63, 3.8) is 0 Å². The molecule has 0 fully saturated rings. The van der Waals surface area contributed by atoms with Crippen LogP contribution in [0.4, 0.5) is 5.69 Å². The zero-order chi connectivity index (χ0) is 35.2. The molecule has 0 N–H and O–H groups in total. The van der Waals surface area contributed by atoms with E-state index in [0.29, 0.717) is 11.8 Å². The summed E-state index contributed by atoms with van der Waals surface area (Å²) >= 11 is -2.70. The van der Waals surface area contributed by atoms with Crippen LogP contribution in [0.15, 0.2) is 169 Å². The molecule has 2 nitrogen and oxygen atoms in total. The van der Waals surface area contributed by atoms with E-state index in [2.05, 4.69) is 148 Å². The molecule has 0 unspecified atom stereocenters. The molecule has 4 heteroatoms. The number of hydrogen-bond donors (Lipinski definition) is 0. The minimum atomic E-state index is -2.70. The summed E-state index contributed by atoms with van der Waals surface area (Å²) in [6.45, 7) is 9.40. The Labute approximate surface area is 330 Å². The molecular formula is C48H41BiIrN2-2. The Morgan fingerprint density at radius 1 is 0.519 bits per heavy atom. The molecular weight excluding hydrogens is 1010 g/mol. The maximum Gasteiger partial charge on any atom is 0.0160 e. The second-order valence-corrected chi connectivity index (χ2v) is 21.1. The molecule has 1 aliphatic rings.